The zero-order chi connectivity index (χ0) is 21.8. The van der Waals surface area contributed by atoms with Crippen molar-refractivity contribution in [2.45, 2.75) is 13.3 Å². The average molecular weight is 413 g/mol. The lowest BCUT2D eigenvalue weighted by Gasteiger charge is -2.17. The number of fused-ring (bicyclic) bond motifs is 1. The van der Waals surface area contributed by atoms with E-state index >= 15 is 0 Å². The monoisotopic (exact) mass is 413 g/mol. The van der Waals surface area contributed by atoms with E-state index in [0.717, 1.165) is 22.0 Å². The molecule has 0 spiro atoms. The molecule has 4 rings (SSSR count). The van der Waals surface area contributed by atoms with Crippen molar-refractivity contribution in [2.75, 3.05) is 18.9 Å². The SMILES string of the molecule is Cc1oc(-c2ccccc2)nc1CC(=O)N(C)CC(=O)Nc1cccc2ccccc12. The Bertz CT molecular complexity index is 1230. The highest BCUT2D eigenvalue weighted by atomic mass is 16.4. The molecule has 2 amide bonds. The van der Waals surface area contributed by atoms with Gasteiger partial charge in [-0.25, -0.2) is 4.98 Å². The largest absolute Gasteiger partial charge is 0.441 e. The van der Waals surface area contributed by atoms with Gasteiger partial charge in [0, 0.05) is 23.7 Å². The fraction of sp³-hybridized carbons (Fsp3) is 0.160. The molecule has 0 aliphatic heterocycles. The van der Waals surface area contributed by atoms with Crippen LogP contribution in [0.3, 0.4) is 0 Å². The maximum absolute atomic E-state index is 12.7. The van der Waals surface area contributed by atoms with Gasteiger partial charge in [-0.1, -0.05) is 54.6 Å². The normalized spacial score (nSPS) is 10.8. The Hall–Kier alpha value is -3.93. The summed E-state index contributed by atoms with van der Waals surface area (Å²) in [6.07, 6.45) is 0.0697. The fourth-order valence-electron chi connectivity index (χ4n) is 3.40. The van der Waals surface area contributed by atoms with E-state index in [1.807, 2.05) is 72.8 Å². The predicted octanol–water partition coefficient (Wildman–Crippen LogP) is 4.44. The molecule has 1 aromatic heterocycles. The third-order valence-electron chi connectivity index (χ3n) is 5.10. The molecule has 1 N–H and O–H groups in total. The van der Waals surface area contributed by atoms with Crippen molar-refractivity contribution in [3.8, 4) is 11.5 Å². The van der Waals surface area contributed by atoms with Crippen molar-refractivity contribution < 1.29 is 14.0 Å². The Kier molecular flexibility index (Phi) is 5.80. The number of nitrogens with zero attached hydrogens (tertiary/aromatic N) is 2. The van der Waals surface area contributed by atoms with E-state index in [2.05, 4.69) is 10.3 Å². The molecule has 6 heteroatoms. The van der Waals surface area contributed by atoms with Gasteiger partial charge in [-0.2, -0.15) is 0 Å². The zero-order valence-corrected chi connectivity index (χ0v) is 17.5. The quantitative estimate of drug-likeness (QED) is 0.507. The third-order valence-corrected chi connectivity index (χ3v) is 5.10. The highest BCUT2D eigenvalue weighted by molar-refractivity contribution is 6.03. The van der Waals surface area contributed by atoms with E-state index in [-0.39, 0.29) is 24.8 Å². The Balaban J connectivity index is 1.40. The number of carbonyl (C=O) groups is 2. The van der Waals surface area contributed by atoms with Crippen LogP contribution in [-0.4, -0.2) is 35.3 Å². The maximum atomic E-state index is 12.7. The minimum Gasteiger partial charge on any atom is -0.441 e. The molecule has 0 saturated heterocycles. The molecule has 3 aromatic carbocycles. The van der Waals surface area contributed by atoms with Gasteiger partial charge in [0.15, 0.2) is 0 Å². The second-order valence-electron chi connectivity index (χ2n) is 7.39. The summed E-state index contributed by atoms with van der Waals surface area (Å²) in [4.78, 5) is 31.1. The summed E-state index contributed by atoms with van der Waals surface area (Å²) in [6, 6.07) is 23.1. The summed E-state index contributed by atoms with van der Waals surface area (Å²) in [5.41, 5.74) is 2.15. The molecule has 6 nitrogen and oxygen atoms in total. The number of aryl methyl sites for hydroxylation is 1. The second-order valence-corrected chi connectivity index (χ2v) is 7.39. The van der Waals surface area contributed by atoms with Crippen LogP contribution in [0.4, 0.5) is 5.69 Å². The first-order chi connectivity index (χ1) is 15.0. The number of rotatable bonds is 6. The molecule has 4 aromatic rings. The van der Waals surface area contributed by atoms with Gasteiger partial charge in [0.2, 0.25) is 17.7 Å². The van der Waals surface area contributed by atoms with Crippen LogP contribution in [-0.2, 0) is 16.0 Å². The second kappa shape index (κ2) is 8.83. The van der Waals surface area contributed by atoms with Crippen LogP contribution in [0.15, 0.2) is 77.2 Å². The molecule has 31 heavy (non-hydrogen) atoms. The van der Waals surface area contributed by atoms with Crippen molar-refractivity contribution in [2.24, 2.45) is 0 Å². The van der Waals surface area contributed by atoms with Crippen LogP contribution in [0.25, 0.3) is 22.2 Å². The van der Waals surface area contributed by atoms with E-state index < -0.39 is 0 Å². The summed E-state index contributed by atoms with van der Waals surface area (Å²) in [5, 5.41) is 4.90. The fourth-order valence-corrected chi connectivity index (χ4v) is 3.40. The summed E-state index contributed by atoms with van der Waals surface area (Å²) in [7, 11) is 1.61. The Morgan fingerprint density at radius 2 is 1.68 bits per heavy atom. The van der Waals surface area contributed by atoms with Gasteiger partial charge in [-0.15, -0.1) is 0 Å². The lowest BCUT2D eigenvalue weighted by atomic mass is 10.1. The number of likely N-dealkylation sites (N-methyl/N-ethyl adjacent to an activating group) is 1. The van der Waals surface area contributed by atoms with Crippen LogP contribution >= 0.6 is 0 Å². The standard InChI is InChI=1S/C25H23N3O3/c1-17-22(27-25(31-17)19-10-4-3-5-11-19)15-24(30)28(2)16-23(29)26-21-14-8-12-18-9-6-7-13-20(18)21/h3-14H,15-16H2,1-2H3,(H,26,29). The molecule has 0 aliphatic carbocycles. The Morgan fingerprint density at radius 3 is 2.48 bits per heavy atom. The summed E-state index contributed by atoms with van der Waals surface area (Å²) < 4.78 is 5.72. The summed E-state index contributed by atoms with van der Waals surface area (Å²) in [5.74, 6) is 0.621. The van der Waals surface area contributed by atoms with Gasteiger partial charge in [0.1, 0.15) is 5.76 Å². The minimum atomic E-state index is -0.256. The minimum absolute atomic E-state index is 0.0511. The van der Waals surface area contributed by atoms with Crippen LogP contribution in [0.2, 0.25) is 0 Å². The van der Waals surface area contributed by atoms with Gasteiger partial charge in [0.05, 0.1) is 18.7 Å². The number of aromatic nitrogens is 1. The van der Waals surface area contributed by atoms with E-state index in [1.165, 1.54) is 4.90 Å². The molecular formula is C25H23N3O3. The molecule has 1 heterocycles. The van der Waals surface area contributed by atoms with E-state index in [1.54, 1.807) is 14.0 Å². The lowest BCUT2D eigenvalue weighted by Crippen LogP contribution is -2.36. The van der Waals surface area contributed by atoms with Gasteiger partial charge >= 0.3 is 0 Å². The maximum Gasteiger partial charge on any atom is 0.244 e. The molecule has 0 unspecified atom stereocenters. The first-order valence-corrected chi connectivity index (χ1v) is 10.0. The number of amides is 2. The van der Waals surface area contributed by atoms with Crippen molar-refractivity contribution in [1.29, 1.82) is 0 Å². The van der Waals surface area contributed by atoms with Crippen molar-refractivity contribution in [3.63, 3.8) is 0 Å². The molecule has 0 bridgehead atoms. The van der Waals surface area contributed by atoms with Crippen LogP contribution in [0, 0.1) is 6.92 Å². The Morgan fingerprint density at radius 1 is 0.968 bits per heavy atom. The number of nitrogens with one attached hydrogen (secondary N) is 1. The van der Waals surface area contributed by atoms with Crippen molar-refractivity contribution in [1.82, 2.24) is 9.88 Å². The summed E-state index contributed by atoms with van der Waals surface area (Å²) >= 11 is 0. The van der Waals surface area contributed by atoms with E-state index in [4.69, 9.17) is 4.42 Å². The predicted molar refractivity (Wildman–Crippen MR) is 121 cm³/mol. The molecule has 0 fully saturated rings. The highest BCUT2D eigenvalue weighted by Crippen LogP contribution is 2.23. The van der Waals surface area contributed by atoms with E-state index in [0.29, 0.717) is 17.3 Å². The third kappa shape index (κ3) is 4.64. The number of hydrogen-bond donors (Lipinski definition) is 1. The van der Waals surface area contributed by atoms with E-state index in [9.17, 15) is 9.59 Å². The number of benzene rings is 3. The summed E-state index contributed by atoms with van der Waals surface area (Å²) in [6.45, 7) is 1.74. The number of carbonyl (C=O) groups excluding carboxylic acids is 2. The molecular weight excluding hydrogens is 390 g/mol. The average Bonchev–Trinajstić information content (AvgIpc) is 3.14. The number of anilines is 1. The number of hydrogen-bond acceptors (Lipinski definition) is 4. The van der Waals surface area contributed by atoms with Gasteiger partial charge in [0.25, 0.3) is 0 Å². The van der Waals surface area contributed by atoms with Crippen LogP contribution in [0.1, 0.15) is 11.5 Å². The highest BCUT2D eigenvalue weighted by Gasteiger charge is 2.19. The molecule has 156 valence electrons. The first-order valence-electron chi connectivity index (χ1n) is 10.0. The zero-order valence-electron chi connectivity index (χ0n) is 17.5. The van der Waals surface area contributed by atoms with Gasteiger partial charge in [-0.05, 0) is 30.5 Å². The van der Waals surface area contributed by atoms with Gasteiger partial charge < -0.3 is 14.6 Å². The molecule has 0 saturated carbocycles. The smallest absolute Gasteiger partial charge is 0.244 e. The lowest BCUT2D eigenvalue weighted by molar-refractivity contribution is -0.132. The van der Waals surface area contributed by atoms with Gasteiger partial charge in [-0.3, -0.25) is 9.59 Å². The van der Waals surface area contributed by atoms with Crippen molar-refractivity contribution in [3.05, 3.63) is 84.3 Å². The first kappa shape index (κ1) is 20.3. The molecule has 0 radical (unpaired) electrons. The van der Waals surface area contributed by atoms with Crippen molar-refractivity contribution >= 4 is 28.3 Å². The van der Waals surface area contributed by atoms with Crippen LogP contribution in [0.5, 0.6) is 0 Å². The molecule has 0 atom stereocenters. The Labute approximate surface area is 180 Å². The molecule has 0 aliphatic rings. The topological polar surface area (TPSA) is 75.4 Å². The number of oxazole rings is 1. The van der Waals surface area contributed by atoms with Crippen LogP contribution < -0.4 is 5.32 Å².